The number of thiocarbonyl (C=S) groups is 1. The average Bonchev–Trinajstić information content (AvgIpc) is 2.57. The molecule has 0 saturated heterocycles. The Morgan fingerprint density at radius 2 is 1.52 bits per heavy atom. The molecule has 2 aromatic rings. The molecule has 2 N–H and O–H groups in total. The van der Waals surface area contributed by atoms with E-state index in [2.05, 4.69) is 10.6 Å². The van der Waals surface area contributed by atoms with Crippen molar-refractivity contribution in [1.82, 2.24) is 0 Å². The van der Waals surface area contributed by atoms with E-state index in [0.29, 0.717) is 33.1 Å². The van der Waals surface area contributed by atoms with Gasteiger partial charge in [0.2, 0.25) is 5.75 Å². The Morgan fingerprint density at radius 1 is 0.920 bits per heavy atom. The van der Waals surface area contributed by atoms with Gasteiger partial charge in [-0.3, -0.25) is 0 Å². The summed E-state index contributed by atoms with van der Waals surface area (Å²) in [5.41, 5.74) is 3.58. The summed E-state index contributed by atoms with van der Waals surface area (Å²) in [6.45, 7) is 3.97. The second kappa shape index (κ2) is 8.27. The summed E-state index contributed by atoms with van der Waals surface area (Å²) < 4.78 is 16.0. The highest BCUT2D eigenvalue weighted by molar-refractivity contribution is 7.80. The molecule has 2 aromatic carbocycles. The van der Waals surface area contributed by atoms with E-state index in [1.807, 2.05) is 26.0 Å². The third-order valence-corrected chi connectivity index (χ3v) is 4.10. The van der Waals surface area contributed by atoms with Gasteiger partial charge in [0, 0.05) is 17.8 Å². The van der Waals surface area contributed by atoms with E-state index in [9.17, 15) is 0 Å². The van der Waals surface area contributed by atoms with Crippen molar-refractivity contribution in [2.24, 2.45) is 0 Å². The highest BCUT2D eigenvalue weighted by atomic mass is 35.5. The minimum atomic E-state index is 0.406. The van der Waals surface area contributed by atoms with Gasteiger partial charge in [-0.15, -0.1) is 0 Å². The topological polar surface area (TPSA) is 51.8 Å². The van der Waals surface area contributed by atoms with Gasteiger partial charge < -0.3 is 24.8 Å². The molecule has 0 saturated carbocycles. The van der Waals surface area contributed by atoms with Crippen LogP contribution in [0.2, 0.25) is 5.02 Å². The second-order valence-electron chi connectivity index (χ2n) is 5.43. The van der Waals surface area contributed by atoms with Crippen LogP contribution in [0.15, 0.2) is 24.3 Å². The fourth-order valence-corrected chi connectivity index (χ4v) is 3.09. The molecule has 5 nitrogen and oxygen atoms in total. The van der Waals surface area contributed by atoms with Crippen molar-refractivity contribution in [3.05, 3.63) is 40.4 Å². The van der Waals surface area contributed by atoms with Crippen molar-refractivity contribution in [3.63, 3.8) is 0 Å². The Balaban J connectivity index is 2.24. The second-order valence-corrected chi connectivity index (χ2v) is 6.25. The van der Waals surface area contributed by atoms with Crippen LogP contribution in [-0.4, -0.2) is 26.4 Å². The zero-order chi connectivity index (χ0) is 18.6. The van der Waals surface area contributed by atoms with Crippen molar-refractivity contribution >= 4 is 40.3 Å². The molecule has 0 unspecified atom stereocenters. The fraction of sp³-hybridized carbons (Fsp3) is 0.278. The molecule has 0 heterocycles. The molecule has 0 spiro atoms. The molecule has 0 aromatic heterocycles. The summed E-state index contributed by atoms with van der Waals surface area (Å²) in [6, 6.07) is 7.48. The third kappa shape index (κ3) is 4.46. The molecular formula is C18H21ClN2O3S. The number of ether oxygens (including phenoxy) is 3. The Hall–Kier alpha value is -2.18. The lowest BCUT2D eigenvalue weighted by Gasteiger charge is -2.17. The summed E-state index contributed by atoms with van der Waals surface area (Å²) in [5, 5.41) is 7.26. The van der Waals surface area contributed by atoms with Crippen LogP contribution >= 0.6 is 23.8 Å². The Bertz CT molecular complexity index is 748. The molecule has 0 aliphatic heterocycles. The summed E-state index contributed by atoms with van der Waals surface area (Å²) in [7, 11) is 4.68. The van der Waals surface area contributed by atoms with E-state index in [-0.39, 0.29) is 0 Å². The van der Waals surface area contributed by atoms with Crippen LogP contribution in [-0.2, 0) is 0 Å². The lowest BCUT2D eigenvalue weighted by molar-refractivity contribution is 0.324. The van der Waals surface area contributed by atoms with Gasteiger partial charge in [0.05, 0.1) is 32.0 Å². The SMILES string of the molecule is COc1cc(NC(=S)Nc2c(C)cc(C)cc2Cl)cc(OC)c1OC. The summed E-state index contributed by atoms with van der Waals surface area (Å²) in [5.74, 6) is 1.60. The first kappa shape index (κ1) is 19.1. The van der Waals surface area contributed by atoms with Gasteiger partial charge in [0.1, 0.15) is 0 Å². The predicted molar refractivity (Wildman–Crippen MR) is 107 cm³/mol. The minimum absolute atomic E-state index is 0.406. The van der Waals surface area contributed by atoms with Gasteiger partial charge in [-0.2, -0.15) is 0 Å². The van der Waals surface area contributed by atoms with E-state index >= 15 is 0 Å². The number of anilines is 2. The number of hydrogen-bond acceptors (Lipinski definition) is 4. The van der Waals surface area contributed by atoms with Gasteiger partial charge in [0.15, 0.2) is 16.6 Å². The Morgan fingerprint density at radius 3 is 2.00 bits per heavy atom. The number of benzene rings is 2. The first-order valence-electron chi connectivity index (χ1n) is 7.54. The largest absolute Gasteiger partial charge is 0.493 e. The molecule has 0 radical (unpaired) electrons. The van der Waals surface area contributed by atoms with Crippen LogP contribution in [0.5, 0.6) is 17.2 Å². The highest BCUT2D eigenvalue weighted by Gasteiger charge is 2.14. The number of nitrogens with one attached hydrogen (secondary N) is 2. The smallest absolute Gasteiger partial charge is 0.203 e. The van der Waals surface area contributed by atoms with Gasteiger partial charge in [-0.25, -0.2) is 0 Å². The normalized spacial score (nSPS) is 10.2. The maximum atomic E-state index is 6.31. The lowest BCUT2D eigenvalue weighted by Crippen LogP contribution is -2.20. The maximum Gasteiger partial charge on any atom is 0.203 e. The van der Waals surface area contributed by atoms with Crippen LogP contribution in [0.25, 0.3) is 0 Å². The summed E-state index contributed by atoms with van der Waals surface area (Å²) in [6.07, 6.45) is 0. The molecule has 0 bridgehead atoms. The van der Waals surface area contributed by atoms with Crippen LogP contribution < -0.4 is 24.8 Å². The lowest BCUT2D eigenvalue weighted by atomic mass is 10.1. The fourth-order valence-electron chi connectivity index (χ4n) is 2.50. The zero-order valence-corrected chi connectivity index (χ0v) is 16.4. The Labute approximate surface area is 158 Å². The highest BCUT2D eigenvalue weighted by Crippen LogP contribution is 2.40. The van der Waals surface area contributed by atoms with Crippen LogP contribution in [0.4, 0.5) is 11.4 Å². The molecule has 0 aliphatic carbocycles. The van der Waals surface area contributed by atoms with Gasteiger partial charge in [-0.05, 0) is 43.3 Å². The molecule has 0 amide bonds. The van der Waals surface area contributed by atoms with E-state index in [0.717, 1.165) is 16.8 Å². The number of rotatable bonds is 5. The molecule has 7 heteroatoms. The number of aryl methyl sites for hydroxylation is 2. The third-order valence-electron chi connectivity index (χ3n) is 3.59. The molecular weight excluding hydrogens is 360 g/mol. The zero-order valence-electron chi connectivity index (χ0n) is 14.8. The van der Waals surface area contributed by atoms with Gasteiger partial charge >= 0.3 is 0 Å². The molecule has 134 valence electrons. The number of halogens is 1. The van der Waals surface area contributed by atoms with E-state index in [1.165, 1.54) is 0 Å². The number of methoxy groups -OCH3 is 3. The van der Waals surface area contributed by atoms with Crippen LogP contribution in [0, 0.1) is 13.8 Å². The number of hydrogen-bond donors (Lipinski definition) is 2. The molecule has 0 atom stereocenters. The molecule has 0 fully saturated rings. The first-order chi connectivity index (χ1) is 11.9. The van der Waals surface area contributed by atoms with E-state index < -0.39 is 0 Å². The molecule has 2 rings (SSSR count). The van der Waals surface area contributed by atoms with Crippen molar-refractivity contribution in [3.8, 4) is 17.2 Å². The first-order valence-corrected chi connectivity index (χ1v) is 8.33. The van der Waals surface area contributed by atoms with Gasteiger partial charge in [0.25, 0.3) is 0 Å². The summed E-state index contributed by atoms with van der Waals surface area (Å²) >= 11 is 11.7. The van der Waals surface area contributed by atoms with E-state index in [1.54, 1.807) is 33.5 Å². The predicted octanol–water partition coefficient (Wildman–Crippen LogP) is 4.79. The van der Waals surface area contributed by atoms with Crippen molar-refractivity contribution in [1.29, 1.82) is 0 Å². The quantitative estimate of drug-likeness (QED) is 0.727. The maximum absolute atomic E-state index is 6.31. The monoisotopic (exact) mass is 380 g/mol. The average molecular weight is 381 g/mol. The summed E-state index contributed by atoms with van der Waals surface area (Å²) in [4.78, 5) is 0. The van der Waals surface area contributed by atoms with Crippen molar-refractivity contribution in [2.75, 3.05) is 32.0 Å². The molecule has 0 aliphatic rings. The molecule has 25 heavy (non-hydrogen) atoms. The van der Waals surface area contributed by atoms with Crippen molar-refractivity contribution < 1.29 is 14.2 Å². The van der Waals surface area contributed by atoms with Crippen LogP contribution in [0.3, 0.4) is 0 Å². The van der Waals surface area contributed by atoms with Crippen molar-refractivity contribution in [2.45, 2.75) is 13.8 Å². The Kier molecular flexibility index (Phi) is 6.33. The van der Waals surface area contributed by atoms with E-state index in [4.69, 9.17) is 38.0 Å². The minimum Gasteiger partial charge on any atom is -0.493 e. The van der Waals surface area contributed by atoms with Crippen LogP contribution in [0.1, 0.15) is 11.1 Å². The van der Waals surface area contributed by atoms with Gasteiger partial charge in [-0.1, -0.05) is 17.7 Å². The standard InChI is InChI=1S/C18H21ClN2O3S/c1-10-6-11(2)16(13(19)7-10)21-18(25)20-12-8-14(22-3)17(24-5)15(9-12)23-4/h6-9H,1-5H3,(H2,20,21,25).